The maximum absolute atomic E-state index is 13.2. The number of benzene rings is 1. The van der Waals surface area contributed by atoms with Crippen LogP contribution in [0.4, 0.5) is 0 Å². The minimum absolute atomic E-state index is 0.0273. The summed E-state index contributed by atoms with van der Waals surface area (Å²) < 4.78 is 28.0. The number of hydrogen-bond donors (Lipinski definition) is 0. The number of sulfonamides is 1. The molecule has 0 spiro atoms. The maximum atomic E-state index is 13.2. The molecule has 8 heteroatoms. The highest BCUT2D eigenvalue weighted by Crippen LogP contribution is 2.29. The summed E-state index contributed by atoms with van der Waals surface area (Å²) in [4.78, 5) is 29.5. The topological polar surface area (TPSA) is 78.0 Å². The molecule has 3 fully saturated rings. The van der Waals surface area contributed by atoms with E-state index in [-0.39, 0.29) is 28.7 Å². The highest BCUT2D eigenvalue weighted by molar-refractivity contribution is 7.89. The lowest BCUT2D eigenvalue weighted by molar-refractivity contribution is -0.139. The number of hydrogen-bond acceptors (Lipinski definition) is 4. The Morgan fingerprint density at radius 2 is 1.58 bits per heavy atom. The smallest absolute Gasteiger partial charge is 0.254 e. The molecule has 170 valence electrons. The van der Waals surface area contributed by atoms with E-state index in [0.717, 1.165) is 44.1 Å². The van der Waals surface area contributed by atoms with Crippen molar-refractivity contribution in [3.8, 4) is 0 Å². The maximum Gasteiger partial charge on any atom is 0.254 e. The average molecular weight is 448 g/mol. The van der Waals surface area contributed by atoms with E-state index in [9.17, 15) is 18.0 Å². The van der Waals surface area contributed by atoms with Crippen molar-refractivity contribution in [2.45, 2.75) is 63.3 Å². The highest BCUT2D eigenvalue weighted by Gasteiger charge is 2.34. The number of nitrogens with zero attached hydrogens (tertiary/aromatic N) is 3. The molecule has 0 aromatic heterocycles. The molecule has 3 aliphatic rings. The Hall–Kier alpha value is -1.93. The predicted molar refractivity (Wildman–Crippen MR) is 118 cm³/mol. The molecule has 0 radical (unpaired) electrons. The molecule has 0 bridgehead atoms. The second-order valence-electron chi connectivity index (χ2n) is 9.18. The van der Waals surface area contributed by atoms with Gasteiger partial charge in [-0.15, -0.1) is 0 Å². The van der Waals surface area contributed by atoms with Gasteiger partial charge in [-0.2, -0.15) is 4.31 Å². The minimum Gasteiger partial charge on any atom is -0.339 e. The van der Waals surface area contributed by atoms with Crippen LogP contribution in [0.3, 0.4) is 0 Å². The molecule has 1 aliphatic carbocycles. The van der Waals surface area contributed by atoms with E-state index in [1.165, 1.54) is 0 Å². The van der Waals surface area contributed by atoms with Crippen LogP contribution in [0.25, 0.3) is 0 Å². The van der Waals surface area contributed by atoms with Gasteiger partial charge in [0.15, 0.2) is 0 Å². The standard InChI is InChI=1S/C23H33N3O4S/c1-17-9-10-20(31(29,30)26-11-4-3-6-18(26)2)16-21(17)23(28)25-14-12-24(13-15-25)22(27)19-7-5-8-19/h9-10,16,18-19H,3-8,11-15H2,1-2H3. The highest BCUT2D eigenvalue weighted by atomic mass is 32.2. The van der Waals surface area contributed by atoms with Crippen LogP contribution in [-0.4, -0.2) is 73.1 Å². The zero-order valence-corrected chi connectivity index (χ0v) is 19.4. The second-order valence-corrected chi connectivity index (χ2v) is 11.1. The Bertz CT molecular complexity index is 950. The number of rotatable bonds is 4. The van der Waals surface area contributed by atoms with Crippen molar-refractivity contribution in [3.05, 3.63) is 29.3 Å². The molecule has 2 heterocycles. The van der Waals surface area contributed by atoms with Gasteiger partial charge in [0.2, 0.25) is 15.9 Å². The molecule has 1 unspecified atom stereocenters. The first-order valence-corrected chi connectivity index (χ1v) is 12.9. The van der Waals surface area contributed by atoms with Gasteiger partial charge in [0.25, 0.3) is 5.91 Å². The fraction of sp³-hybridized carbons (Fsp3) is 0.652. The fourth-order valence-corrected chi connectivity index (χ4v) is 6.50. The molecular weight excluding hydrogens is 414 g/mol. The van der Waals surface area contributed by atoms with Crippen LogP contribution >= 0.6 is 0 Å². The van der Waals surface area contributed by atoms with Crippen molar-refractivity contribution in [1.29, 1.82) is 0 Å². The van der Waals surface area contributed by atoms with Crippen LogP contribution in [0, 0.1) is 12.8 Å². The number of carbonyl (C=O) groups is 2. The van der Waals surface area contributed by atoms with E-state index in [1.54, 1.807) is 27.4 Å². The van der Waals surface area contributed by atoms with Crippen molar-refractivity contribution < 1.29 is 18.0 Å². The monoisotopic (exact) mass is 447 g/mol. The molecule has 1 atom stereocenters. The van der Waals surface area contributed by atoms with Gasteiger partial charge in [-0.25, -0.2) is 8.42 Å². The normalized spacial score (nSPS) is 23.5. The SMILES string of the molecule is Cc1ccc(S(=O)(=O)N2CCCCC2C)cc1C(=O)N1CCN(C(=O)C2CCC2)CC1. The zero-order valence-electron chi connectivity index (χ0n) is 18.5. The molecule has 1 aromatic rings. The molecule has 7 nitrogen and oxygen atoms in total. The van der Waals surface area contributed by atoms with Crippen LogP contribution in [0.2, 0.25) is 0 Å². The lowest BCUT2D eigenvalue weighted by atomic mass is 9.84. The Morgan fingerprint density at radius 3 is 2.19 bits per heavy atom. The first kappa shape index (κ1) is 22.3. The second kappa shape index (κ2) is 8.90. The number of carbonyl (C=O) groups excluding carboxylic acids is 2. The molecule has 2 aliphatic heterocycles. The summed E-state index contributed by atoms with van der Waals surface area (Å²) in [5.74, 6) is 0.235. The largest absolute Gasteiger partial charge is 0.339 e. The number of amides is 2. The van der Waals surface area contributed by atoms with Crippen LogP contribution in [0.5, 0.6) is 0 Å². The molecule has 2 saturated heterocycles. The van der Waals surface area contributed by atoms with Gasteiger partial charge in [-0.3, -0.25) is 9.59 Å². The third-order valence-electron chi connectivity index (χ3n) is 7.12. The predicted octanol–water partition coefficient (Wildman–Crippen LogP) is 2.64. The number of aryl methyl sites for hydroxylation is 1. The quantitative estimate of drug-likeness (QED) is 0.711. The molecule has 1 saturated carbocycles. The van der Waals surface area contributed by atoms with E-state index in [1.807, 2.05) is 18.7 Å². The van der Waals surface area contributed by atoms with E-state index in [2.05, 4.69) is 0 Å². The summed E-state index contributed by atoms with van der Waals surface area (Å²) in [6.45, 7) is 6.36. The molecule has 4 rings (SSSR count). The lowest BCUT2D eigenvalue weighted by Crippen LogP contribution is -2.52. The summed E-state index contributed by atoms with van der Waals surface area (Å²) in [5.41, 5.74) is 1.20. The number of piperazine rings is 1. The van der Waals surface area contributed by atoms with Gasteiger partial charge in [0.05, 0.1) is 4.90 Å². The van der Waals surface area contributed by atoms with Crippen LogP contribution in [0.15, 0.2) is 23.1 Å². The molecule has 2 amide bonds. The van der Waals surface area contributed by atoms with Gasteiger partial charge in [0, 0.05) is 50.2 Å². The van der Waals surface area contributed by atoms with Gasteiger partial charge in [-0.05, 0) is 57.2 Å². The summed E-state index contributed by atoms with van der Waals surface area (Å²) >= 11 is 0. The summed E-state index contributed by atoms with van der Waals surface area (Å²) in [6, 6.07) is 4.85. The van der Waals surface area contributed by atoms with Crippen molar-refractivity contribution in [2.75, 3.05) is 32.7 Å². The van der Waals surface area contributed by atoms with Gasteiger partial charge < -0.3 is 9.80 Å². The Morgan fingerprint density at radius 1 is 0.903 bits per heavy atom. The van der Waals surface area contributed by atoms with Crippen molar-refractivity contribution in [1.82, 2.24) is 14.1 Å². The van der Waals surface area contributed by atoms with Crippen molar-refractivity contribution >= 4 is 21.8 Å². The van der Waals surface area contributed by atoms with Gasteiger partial charge in [-0.1, -0.05) is 18.9 Å². The molecule has 1 aromatic carbocycles. The first-order chi connectivity index (χ1) is 14.8. The molecule has 0 N–H and O–H groups in total. The summed E-state index contributed by atoms with van der Waals surface area (Å²) in [6.07, 6.45) is 5.86. The molecular formula is C23H33N3O4S. The first-order valence-electron chi connectivity index (χ1n) is 11.5. The average Bonchev–Trinajstić information content (AvgIpc) is 2.72. The van der Waals surface area contributed by atoms with Crippen LogP contribution in [0.1, 0.15) is 61.4 Å². The summed E-state index contributed by atoms with van der Waals surface area (Å²) in [7, 11) is -3.63. The number of piperidine rings is 1. The van der Waals surface area contributed by atoms with E-state index < -0.39 is 10.0 Å². The minimum atomic E-state index is -3.63. The third kappa shape index (κ3) is 4.37. The zero-order chi connectivity index (χ0) is 22.2. The summed E-state index contributed by atoms with van der Waals surface area (Å²) in [5, 5.41) is 0. The Kier molecular flexibility index (Phi) is 6.40. The lowest BCUT2D eigenvalue weighted by Gasteiger charge is -2.38. The van der Waals surface area contributed by atoms with Gasteiger partial charge >= 0.3 is 0 Å². The Balaban J connectivity index is 1.48. The van der Waals surface area contributed by atoms with E-state index in [0.29, 0.717) is 38.3 Å². The van der Waals surface area contributed by atoms with E-state index in [4.69, 9.17) is 0 Å². The van der Waals surface area contributed by atoms with Crippen LogP contribution in [-0.2, 0) is 14.8 Å². The van der Waals surface area contributed by atoms with Gasteiger partial charge in [0.1, 0.15) is 0 Å². The fourth-order valence-electron chi connectivity index (χ4n) is 4.77. The van der Waals surface area contributed by atoms with Crippen LogP contribution < -0.4 is 0 Å². The van der Waals surface area contributed by atoms with Crippen molar-refractivity contribution in [3.63, 3.8) is 0 Å². The van der Waals surface area contributed by atoms with Crippen molar-refractivity contribution in [2.24, 2.45) is 5.92 Å². The third-order valence-corrected chi connectivity index (χ3v) is 9.13. The van der Waals surface area contributed by atoms with E-state index >= 15 is 0 Å². The molecule has 31 heavy (non-hydrogen) atoms. The Labute approximate surface area is 185 Å².